The van der Waals surface area contributed by atoms with Crippen LogP contribution in [-0.2, 0) is 6.54 Å². The molecule has 0 unspecified atom stereocenters. The molecule has 0 saturated carbocycles. The summed E-state index contributed by atoms with van der Waals surface area (Å²) in [6, 6.07) is 8.97. The number of halogens is 2. The van der Waals surface area contributed by atoms with Gasteiger partial charge in [0.15, 0.2) is 5.82 Å². The Morgan fingerprint density at radius 1 is 1.19 bits per heavy atom. The molecule has 0 saturated heterocycles. The van der Waals surface area contributed by atoms with Gasteiger partial charge in [-0.2, -0.15) is 0 Å². The third-order valence-electron chi connectivity index (χ3n) is 2.96. The highest BCUT2D eigenvalue weighted by Crippen LogP contribution is 2.18. The Bertz CT molecular complexity index is 657. The summed E-state index contributed by atoms with van der Waals surface area (Å²) in [6.07, 6.45) is 0. The summed E-state index contributed by atoms with van der Waals surface area (Å²) in [5, 5.41) is 2.45. The van der Waals surface area contributed by atoms with Crippen molar-refractivity contribution in [2.24, 2.45) is 0 Å². The van der Waals surface area contributed by atoms with Crippen LogP contribution in [0.3, 0.4) is 0 Å². The first-order chi connectivity index (χ1) is 10.0. The fourth-order valence-corrected chi connectivity index (χ4v) is 1.79. The number of benzene rings is 2. The molecular formula is C15H14F2N2O2. The third kappa shape index (κ3) is 3.28. The summed E-state index contributed by atoms with van der Waals surface area (Å²) >= 11 is 0. The van der Waals surface area contributed by atoms with Gasteiger partial charge >= 0.3 is 0 Å². The van der Waals surface area contributed by atoms with Crippen molar-refractivity contribution in [3.05, 3.63) is 59.2 Å². The quantitative estimate of drug-likeness (QED) is 0.851. The highest BCUT2D eigenvalue weighted by molar-refractivity contribution is 5.95. The first-order valence-corrected chi connectivity index (χ1v) is 6.17. The highest BCUT2D eigenvalue weighted by atomic mass is 19.1. The lowest BCUT2D eigenvalue weighted by Crippen LogP contribution is -2.25. The molecule has 0 aliphatic carbocycles. The average molecular weight is 292 g/mol. The molecule has 4 nitrogen and oxygen atoms in total. The molecule has 2 aromatic rings. The molecule has 0 spiro atoms. The number of hydrogen-bond acceptors (Lipinski definition) is 3. The van der Waals surface area contributed by atoms with Crippen LogP contribution in [0.25, 0.3) is 0 Å². The van der Waals surface area contributed by atoms with Crippen LogP contribution < -0.4 is 15.8 Å². The standard InChI is InChI=1S/C15H14F2N2O2/c1-21-10-4-2-9(3-5-10)8-19-15(20)13-11(16)6-7-12(18)14(13)17/h2-7H,8,18H2,1H3,(H,19,20). The van der Waals surface area contributed by atoms with Crippen LogP contribution in [0.1, 0.15) is 15.9 Å². The normalized spacial score (nSPS) is 10.2. The highest BCUT2D eigenvalue weighted by Gasteiger charge is 2.19. The maximum atomic E-state index is 13.7. The van der Waals surface area contributed by atoms with E-state index in [1.54, 1.807) is 31.4 Å². The van der Waals surface area contributed by atoms with Crippen LogP contribution in [0.2, 0.25) is 0 Å². The molecular weight excluding hydrogens is 278 g/mol. The minimum absolute atomic E-state index is 0.135. The predicted octanol–water partition coefficient (Wildman–Crippen LogP) is 2.49. The van der Waals surface area contributed by atoms with E-state index in [0.29, 0.717) is 5.75 Å². The van der Waals surface area contributed by atoms with Crippen molar-refractivity contribution in [3.8, 4) is 5.75 Å². The number of carbonyl (C=O) groups is 1. The van der Waals surface area contributed by atoms with E-state index < -0.39 is 23.1 Å². The number of nitrogens with one attached hydrogen (secondary N) is 1. The lowest BCUT2D eigenvalue weighted by Gasteiger charge is -2.09. The van der Waals surface area contributed by atoms with E-state index in [2.05, 4.69) is 5.32 Å². The molecule has 21 heavy (non-hydrogen) atoms. The van der Waals surface area contributed by atoms with Crippen LogP contribution in [0.4, 0.5) is 14.5 Å². The molecule has 3 N–H and O–H groups in total. The average Bonchev–Trinajstić information content (AvgIpc) is 2.50. The van der Waals surface area contributed by atoms with Gasteiger partial charge in [0.05, 0.1) is 12.8 Å². The number of ether oxygens (including phenoxy) is 1. The summed E-state index contributed by atoms with van der Waals surface area (Å²) in [5.74, 6) is -2.18. The summed E-state index contributed by atoms with van der Waals surface area (Å²) in [6.45, 7) is 0.135. The van der Waals surface area contributed by atoms with Gasteiger partial charge < -0.3 is 15.8 Å². The molecule has 0 fully saturated rings. The number of amides is 1. The molecule has 0 aromatic heterocycles. The number of methoxy groups -OCH3 is 1. The van der Waals surface area contributed by atoms with Gasteiger partial charge in [0, 0.05) is 6.54 Å². The number of carbonyl (C=O) groups excluding carboxylic acids is 1. The smallest absolute Gasteiger partial charge is 0.257 e. The van der Waals surface area contributed by atoms with E-state index in [-0.39, 0.29) is 12.2 Å². The predicted molar refractivity (Wildman–Crippen MR) is 74.9 cm³/mol. The van der Waals surface area contributed by atoms with Gasteiger partial charge in [-0.15, -0.1) is 0 Å². The Balaban J connectivity index is 2.10. The summed E-state index contributed by atoms with van der Waals surface area (Å²) in [7, 11) is 1.54. The Kier molecular flexibility index (Phi) is 4.37. The van der Waals surface area contributed by atoms with Crippen molar-refractivity contribution < 1.29 is 18.3 Å². The Morgan fingerprint density at radius 2 is 1.86 bits per heavy atom. The van der Waals surface area contributed by atoms with Crippen LogP contribution >= 0.6 is 0 Å². The van der Waals surface area contributed by atoms with Gasteiger partial charge in [-0.25, -0.2) is 8.78 Å². The minimum Gasteiger partial charge on any atom is -0.497 e. The van der Waals surface area contributed by atoms with Crippen molar-refractivity contribution in [2.45, 2.75) is 6.54 Å². The second-order valence-electron chi connectivity index (χ2n) is 4.36. The molecule has 0 aliphatic heterocycles. The van der Waals surface area contributed by atoms with Crippen molar-refractivity contribution in [1.29, 1.82) is 0 Å². The summed E-state index contributed by atoms with van der Waals surface area (Å²) < 4.78 is 32.2. The van der Waals surface area contributed by atoms with Gasteiger partial charge in [0.2, 0.25) is 0 Å². The summed E-state index contributed by atoms with van der Waals surface area (Å²) in [4.78, 5) is 11.9. The van der Waals surface area contributed by atoms with Gasteiger partial charge in [-0.05, 0) is 29.8 Å². The zero-order valence-electron chi connectivity index (χ0n) is 11.3. The molecule has 1 amide bonds. The van der Waals surface area contributed by atoms with E-state index in [1.165, 1.54) is 0 Å². The fourth-order valence-electron chi connectivity index (χ4n) is 1.79. The second-order valence-corrected chi connectivity index (χ2v) is 4.36. The first kappa shape index (κ1) is 14.8. The van der Waals surface area contributed by atoms with Crippen molar-refractivity contribution in [1.82, 2.24) is 5.32 Å². The van der Waals surface area contributed by atoms with Gasteiger partial charge in [-0.1, -0.05) is 12.1 Å². The molecule has 6 heteroatoms. The number of anilines is 1. The third-order valence-corrected chi connectivity index (χ3v) is 2.96. The van der Waals surface area contributed by atoms with Crippen molar-refractivity contribution in [3.63, 3.8) is 0 Å². The second kappa shape index (κ2) is 6.21. The topological polar surface area (TPSA) is 64.3 Å². The maximum Gasteiger partial charge on any atom is 0.257 e. The Morgan fingerprint density at radius 3 is 2.48 bits per heavy atom. The Hall–Kier alpha value is -2.63. The molecule has 0 atom stereocenters. The van der Waals surface area contributed by atoms with E-state index in [4.69, 9.17) is 10.5 Å². The molecule has 2 rings (SSSR count). The van der Waals surface area contributed by atoms with Crippen LogP contribution in [-0.4, -0.2) is 13.0 Å². The number of nitrogen functional groups attached to an aromatic ring is 1. The van der Waals surface area contributed by atoms with Crippen molar-refractivity contribution in [2.75, 3.05) is 12.8 Å². The van der Waals surface area contributed by atoms with Crippen LogP contribution in [0, 0.1) is 11.6 Å². The number of hydrogen-bond donors (Lipinski definition) is 2. The van der Waals surface area contributed by atoms with Crippen LogP contribution in [0.15, 0.2) is 36.4 Å². The molecule has 0 aliphatic rings. The van der Waals surface area contributed by atoms with Crippen molar-refractivity contribution >= 4 is 11.6 Å². The molecule has 110 valence electrons. The minimum atomic E-state index is -1.05. The zero-order chi connectivity index (χ0) is 15.4. The molecule has 2 aromatic carbocycles. The van der Waals surface area contributed by atoms with E-state index in [9.17, 15) is 13.6 Å². The van der Waals surface area contributed by atoms with E-state index in [0.717, 1.165) is 17.7 Å². The molecule has 0 heterocycles. The monoisotopic (exact) mass is 292 g/mol. The Labute approximate surface area is 120 Å². The van der Waals surface area contributed by atoms with E-state index >= 15 is 0 Å². The van der Waals surface area contributed by atoms with Gasteiger partial charge in [0.25, 0.3) is 5.91 Å². The fraction of sp³-hybridized carbons (Fsp3) is 0.133. The maximum absolute atomic E-state index is 13.7. The molecule has 0 bridgehead atoms. The lowest BCUT2D eigenvalue weighted by molar-refractivity contribution is 0.0942. The number of rotatable bonds is 4. The molecule has 0 radical (unpaired) electrons. The SMILES string of the molecule is COc1ccc(CNC(=O)c2c(F)ccc(N)c2F)cc1. The first-order valence-electron chi connectivity index (χ1n) is 6.17. The summed E-state index contributed by atoms with van der Waals surface area (Å²) in [5.41, 5.74) is 5.15. The van der Waals surface area contributed by atoms with Crippen LogP contribution in [0.5, 0.6) is 5.75 Å². The lowest BCUT2D eigenvalue weighted by atomic mass is 10.1. The van der Waals surface area contributed by atoms with E-state index in [1.807, 2.05) is 0 Å². The van der Waals surface area contributed by atoms with Gasteiger partial charge in [-0.3, -0.25) is 4.79 Å². The zero-order valence-corrected chi connectivity index (χ0v) is 11.3. The number of nitrogens with two attached hydrogens (primary N) is 1. The van der Waals surface area contributed by atoms with Gasteiger partial charge in [0.1, 0.15) is 17.1 Å². The largest absolute Gasteiger partial charge is 0.497 e.